The molecule has 3 heteroatoms. The zero-order valence-corrected chi connectivity index (χ0v) is 33.2. The number of fused-ring (bicyclic) bond motifs is 3. The third-order valence-electron chi connectivity index (χ3n) is 9.73. The number of allylic oxidation sites excluding steroid dienone is 5. The van der Waals surface area contributed by atoms with Crippen LogP contribution in [0.4, 0.5) is 0 Å². The molecule has 7 rings (SSSR count). The van der Waals surface area contributed by atoms with Gasteiger partial charge in [-0.2, -0.15) is 0 Å². The summed E-state index contributed by atoms with van der Waals surface area (Å²) >= 11 is 0. The SMILES string of the molecule is Cc1cccc(C2=CC=CC2c2c(C(C)(C)C)ccc3c2[cH-]c2cc(C(C)(C)C=C(c4ccccc4)c4ccccc4)ccc23)c1.[Cl-].[Cl-].[Zr+3]. The normalized spacial score (nSPS) is 14.1. The van der Waals surface area contributed by atoms with Crippen LogP contribution in [0.5, 0.6) is 0 Å². The van der Waals surface area contributed by atoms with E-state index in [4.69, 9.17) is 0 Å². The molecule has 49 heavy (non-hydrogen) atoms. The van der Waals surface area contributed by atoms with E-state index in [1.54, 1.807) is 0 Å². The van der Waals surface area contributed by atoms with Crippen molar-refractivity contribution in [3.05, 3.63) is 185 Å². The number of hydrogen-bond acceptors (Lipinski definition) is 0. The molecule has 6 aromatic rings. The van der Waals surface area contributed by atoms with Gasteiger partial charge in [-0.05, 0) is 40.2 Å². The summed E-state index contributed by atoms with van der Waals surface area (Å²) in [6.45, 7) is 13.9. The molecular weight excluding hydrogens is 715 g/mol. The average Bonchev–Trinajstić information content (AvgIpc) is 3.68. The summed E-state index contributed by atoms with van der Waals surface area (Å²) in [4.78, 5) is 0. The molecule has 0 bridgehead atoms. The Morgan fingerprint density at radius 1 is 0.694 bits per heavy atom. The van der Waals surface area contributed by atoms with Crippen molar-refractivity contribution in [3.8, 4) is 0 Å². The van der Waals surface area contributed by atoms with Crippen molar-refractivity contribution in [3.63, 3.8) is 0 Å². The van der Waals surface area contributed by atoms with Crippen LogP contribution in [0.2, 0.25) is 0 Å². The smallest absolute Gasteiger partial charge is 1.00 e. The Balaban J connectivity index is 0.00000180. The predicted octanol–water partition coefficient (Wildman–Crippen LogP) is 6.47. The van der Waals surface area contributed by atoms with Crippen molar-refractivity contribution in [2.24, 2.45) is 0 Å². The maximum atomic E-state index is 2.47. The van der Waals surface area contributed by atoms with Crippen LogP contribution in [0.15, 0.2) is 146 Å². The van der Waals surface area contributed by atoms with E-state index < -0.39 is 0 Å². The summed E-state index contributed by atoms with van der Waals surface area (Å²) < 4.78 is 0. The molecule has 1 aliphatic rings. The molecular formula is C46H43Cl2Zr. The van der Waals surface area contributed by atoms with Gasteiger partial charge in [0.25, 0.3) is 0 Å². The molecule has 0 aromatic heterocycles. The fraction of sp³-hybridized carbons (Fsp3) is 0.196. The second-order valence-electron chi connectivity index (χ2n) is 14.6. The summed E-state index contributed by atoms with van der Waals surface area (Å²) in [6, 6.07) is 44.9. The molecule has 0 spiro atoms. The molecule has 245 valence electrons. The molecule has 0 saturated heterocycles. The molecule has 0 nitrogen and oxygen atoms in total. The van der Waals surface area contributed by atoms with Gasteiger partial charge in [-0.15, -0.1) is 33.7 Å². The van der Waals surface area contributed by atoms with Crippen molar-refractivity contribution in [1.29, 1.82) is 0 Å². The fourth-order valence-electron chi connectivity index (χ4n) is 7.34. The summed E-state index contributed by atoms with van der Waals surface area (Å²) in [5.74, 6) is 0.217. The second-order valence-corrected chi connectivity index (χ2v) is 14.6. The number of benzene rings is 5. The number of rotatable bonds is 6. The maximum Gasteiger partial charge on any atom is 3.00 e. The number of aryl methyl sites for hydroxylation is 1. The summed E-state index contributed by atoms with van der Waals surface area (Å²) in [7, 11) is 0. The van der Waals surface area contributed by atoms with E-state index in [0.717, 1.165) is 0 Å². The first-order valence-electron chi connectivity index (χ1n) is 16.6. The van der Waals surface area contributed by atoms with E-state index in [0.29, 0.717) is 0 Å². The Bertz CT molecular complexity index is 2110. The molecule has 6 aromatic carbocycles. The molecule has 1 radical (unpaired) electrons. The minimum absolute atomic E-state index is 0. The fourth-order valence-corrected chi connectivity index (χ4v) is 7.34. The zero-order chi connectivity index (χ0) is 32.1. The van der Waals surface area contributed by atoms with Gasteiger partial charge in [-0.25, -0.2) is 0 Å². The van der Waals surface area contributed by atoms with Gasteiger partial charge >= 0.3 is 26.2 Å². The average molecular weight is 758 g/mol. The first-order chi connectivity index (χ1) is 22.1. The van der Waals surface area contributed by atoms with Gasteiger partial charge in [0.1, 0.15) is 0 Å². The van der Waals surface area contributed by atoms with Gasteiger partial charge in [0.15, 0.2) is 0 Å². The first-order valence-corrected chi connectivity index (χ1v) is 16.6. The van der Waals surface area contributed by atoms with E-state index in [-0.39, 0.29) is 67.8 Å². The molecule has 1 unspecified atom stereocenters. The van der Waals surface area contributed by atoms with Gasteiger partial charge in [-0.3, -0.25) is 0 Å². The predicted molar refractivity (Wildman–Crippen MR) is 200 cm³/mol. The van der Waals surface area contributed by atoms with Crippen LogP contribution in [0.1, 0.15) is 79.5 Å². The van der Waals surface area contributed by atoms with Gasteiger partial charge in [-0.1, -0.05) is 190 Å². The third-order valence-corrected chi connectivity index (χ3v) is 9.73. The quantitative estimate of drug-likeness (QED) is 0.171. The van der Waals surface area contributed by atoms with Crippen LogP contribution in [-0.4, -0.2) is 0 Å². The number of halogens is 2. The van der Waals surface area contributed by atoms with Crippen LogP contribution in [0, 0.1) is 6.92 Å². The van der Waals surface area contributed by atoms with Gasteiger partial charge in [0, 0.05) is 11.3 Å². The van der Waals surface area contributed by atoms with Gasteiger partial charge in [0.2, 0.25) is 0 Å². The van der Waals surface area contributed by atoms with Crippen LogP contribution < -0.4 is 24.8 Å². The molecule has 0 N–H and O–H groups in total. The topological polar surface area (TPSA) is 0 Å². The van der Waals surface area contributed by atoms with Gasteiger partial charge in [0.05, 0.1) is 0 Å². The van der Waals surface area contributed by atoms with E-state index in [9.17, 15) is 0 Å². The van der Waals surface area contributed by atoms with Crippen molar-refractivity contribution >= 4 is 32.7 Å². The molecule has 0 heterocycles. The van der Waals surface area contributed by atoms with Crippen LogP contribution in [-0.2, 0) is 37.0 Å². The van der Waals surface area contributed by atoms with Crippen LogP contribution >= 0.6 is 0 Å². The van der Waals surface area contributed by atoms with Crippen LogP contribution in [0.3, 0.4) is 0 Å². The van der Waals surface area contributed by atoms with E-state index >= 15 is 0 Å². The van der Waals surface area contributed by atoms with Crippen LogP contribution in [0.25, 0.3) is 32.7 Å². The van der Waals surface area contributed by atoms with E-state index in [1.165, 1.54) is 71.6 Å². The maximum absolute atomic E-state index is 2.47. The third kappa shape index (κ3) is 7.56. The summed E-state index contributed by atoms with van der Waals surface area (Å²) in [6.07, 6.45) is 9.41. The molecule has 0 fully saturated rings. The Labute approximate surface area is 324 Å². The molecule has 0 amide bonds. The van der Waals surface area contributed by atoms with Gasteiger partial charge < -0.3 is 24.8 Å². The van der Waals surface area contributed by atoms with Crippen molar-refractivity contribution < 1.29 is 51.0 Å². The molecule has 1 aliphatic carbocycles. The van der Waals surface area contributed by atoms with Crippen molar-refractivity contribution in [2.45, 2.75) is 58.3 Å². The molecule has 0 saturated carbocycles. The summed E-state index contributed by atoms with van der Waals surface area (Å²) in [5.41, 5.74) is 11.7. The Hall–Kier alpha value is -3.35. The minimum atomic E-state index is -0.187. The number of hydrogen-bond donors (Lipinski definition) is 0. The Kier molecular flexibility index (Phi) is 12.0. The largest absolute Gasteiger partial charge is 3.00 e. The first kappa shape index (κ1) is 38.5. The monoisotopic (exact) mass is 755 g/mol. The van der Waals surface area contributed by atoms with E-state index in [2.05, 4.69) is 187 Å². The Morgan fingerprint density at radius 3 is 1.94 bits per heavy atom. The second kappa shape index (κ2) is 15.3. The van der Waals surface area contributed by atoms with Crippen molar-refractivity contribution in [1.82, 2.24) is 0 Å². The summed E-state index contributed by atoms with van der Waals surface area (Å²) in [5, 5.41) is 5.35. The zero-order valence-electron chi connectivity index (χ0n) is 29.2. The van der Waals surface area contributed by atoms with E-state index in [1.807, 2.05) is 0 Å². The standard InChI is InChI=1S/C46H43.2ClH.Zr/c1-31-15-13-20-34(27-31)37-21-14-22-40(37)44-41-29-35-28-36(23-24-38(35)39(41)25-26-43(44)45(2,3)4)46(5,6)30-42(32-16-9-7-10-17-32)33-18-11-8-12-19-33;;;/h7-30,40H,1-6H3;2*1H;/q-1;;;+3/p-2. The molecule has 1 atom stereocenters. The minimum Gasteiger partial charge on any atom is -1.00 e. The Morgan fingerprint density at radius 2 is 1.33 bits per heavy atom. The molecule has 0 aliphatic heterocycles. The van der Waals surface area contributed by atoms with Crippen molar-refractivity contribution in [2.75, 3.05) is 0 Å².